The highest BCUT2D eigenvalue weighted by molar-refractivity contribution is 6.01. The first-order valence-electron chi connectivity index (χ1n) is 3.56. The zero-order chi connectivity index (χ0) is 8.55. The average Bonchev–Trinajstić information content (AvgIpc) is 2.49. The third-order valence-corrected chi connectivity index (χ3v) is 1.81. The minimum absolute atomic E-state index is 0.230. The van der Waals surface area contributed by atoms with Crippen LogP contribution in [0, 0.1) is 0 Å². The molecular formula is C9H6NO2-. The molecule has 0 bridgehead atoms. The van der Waals surface area contributed by atoms with Gasteiger partial charge in [0.05, 0.1) is 5.97 Å². The van der Waals surface area contributed by atoms with Gasteiger partial charge in [0.2, 0.25) is 0 Å². The smallest absolute Gasteiger partial charge is 0.0722 e. The van der Waals surface area contributed by atoms with Crippen molar-refractivity contribution in [2.45, 2.75) is 0 Å². The summed E-state index contributed by atoms with van der Waals surface area (Å²) >= 11 is 0. The van der Waals surface area contributed by atoms with Gasteiger partial charge in [-0.15, -0.1) is 0 Å². The third kappa shape index (κ3) is 0.871. The topological polar surface area (TPSA) is 55.9 Å². The summed E-state index contributed by atoms with van der Waals surface area (Å²) in [5, 5.41) is 11.3. The van der Waals surface area contributed by atoms with Crippen LogP contribution in [0.25, 0.3) is 10.9 Å². The van der Waals surface area contributed by atoms with E-state index in [-0.39, 0.29) is 5.56 Å². The molecule has 0 saturated heterocycles. The van der Waals surface area contributed by atoms with Gasteiger partial charge in [-0.3, -0.25) is 0 Å². The monoisotopic (exact) mass is 160 g/mol. The van der Waals surface area contributed by atoms with Crippen molar-refractivity contribution in [2.75, 3.05) is 0 Å². The second-order valence-corrected chi connectivity index (χ2v) is 2.53. The molecule has 0 saturated carbocycles. The summed E-state index contributed by atoms with van der Waals surface area (Å²) in [4.78, 5) is 13.5. The first-order valence-corrected chi connectivity index (χ1v) is 3.56. The van der Waals surface area contributed by atoms with Gasteiger partial charge in [-0.1, -0.05) is 12.1 Å². The van der Waals surface area contributed by atoms with Crippen molar-refractivity contribution in [2.24, 2.45) is 0 Å². The molecule has 12 heavy (non-hydrogen) atoms. The molecule has 3 heteroatoms. The van der Waals surface area contributed by atoms with Crippen LogP contribution in [0.15, 0.2) is 30.5 Å². The molecule has 0 aliphatic carbocycles. The maximum atomic E-state index is 10.6. The Bertz CT molecular complexity index is 431. The molecule has 1 aromatic heterocycles. The van der Waals surface area contributed by atoms with E-state index in [0.29, 0.717) is 5.39 Å². The number of benzene rings is 1. The number of H-pyrrole nitrogens is 1. The predicted molar refractivity (Wildman–Crippen MR) is 42.6 cm³/mol. The normalized spacial score (nSPS) is 10.3. The summed E-state index contributed by atoms with van der Waals surface area (Å²) in [5.41, 5.74) is 1.05. The maximum Gasteiger partial charge on any atom is 0.0722 e. The number of carbonyl (C=O) groups excluding carboxylic acids is 1. The zero-order valence-corrected chi connectivity index (χ0v) is 6.20. The number of carbonyl (C=O) groups is 1. The molecule has 0 aliphatic rings. The van der Waals surface area contributed by atoms with Crippen LogP contribution < -0.4 is 5.11 Å². The Morgan fingerprint density at radius 2 is 2.17 bits per heavy atom. The fourth-order valence-corrected chi connectivity index (χ4v) is 1.26. The molecule has 60 valence electrons. The van der Waals surface area contributed by atoms with E-state index >= 15 is 0 Å². The van der Waals surface area contributed by atoms with Gasteiger partial charge in [-0.05, 0) is 12.1 Å². The molecule has 0 amide bonds. The molecule has 1 aromatic carbocycles. The number of aromatic carboxylic acids is 1. The molecule has 3 nitrogen and oxygen atoms in total. The van der Waals surface area contributed by atoms with Gasteiger partial charge < -0.3 is 14.9 Å². The number of rotatable bonds is 1. The van der Waals surface area contributed by atoms with Crippen molar-refractivity contribution < 1.29 is 9.90 Å². The van der Waals surface area contributed by atoms with Crippen LogP contribution in [-0.2, 0) is 0 Å². The van der Waals surface area contributed by atoms with Crippen molar-refractivity contribution in [3.63, 3.8) is 0 Å². The summed E-state index contributed by atoms with van der Waals surface area (Å²) in [7, 11) is 0. The lowest BCUT2D eigenvalue weighted by molar-refractivity contribution is -0.254. The van der Waals surface area contributed by atoms with E-state index < -0.39 is 5.97 Å². The van der Waals surface area contributed by atoms with Crippen molar-refractivity contribution >= 4 is 16.9 Å². The van der Waals surface area contributed by atoms with Crippen LogP contribution in [0.1, 0.15) is 10.4 Å². The Morgan fingerprint density at radius 1 is 1.33 bits per heavy atom. The van der Waals surface area contributed by atoms with Gasteiger partial charge in [-0.25, -0.2) is 0 Å². The fraction of sp³-hybridized carbons (Fsp3) is 0. The van der Waals surface area contributed by atoms with Crippen LogP contribution in [0.2, 0.25) is 0 Å². The highest BCUT2D eigenvalue weighted by atomic mass is 16.4. The van der Waals surface area contributed by atoms with E-state index in [1.165, 1.54) is 6.07 Å². The Hall–Kier alpha value is -1.77. The average molecular weight is 160 g/mol. The van der Waals surface area contributed by atoms with Crippen LogP contribution in [0.4, 0.5) is 0 Å². The molecule has 2 aromatic rings. The number of hydrogen-bond donors (Lipinski definition) is 1. The van der Waals surface area contributed by atoms with Crippen molar-refractivity contribution in [3.8, 4) is 0 Å². The van der Waals surface area contributed by atoms with E-state index in [1.54, 1.807) is 18.3 Å². The molecule has 0 atom stereocenters. The summed E-state index contributed by atoms with van der Waals surface area (Å²) in [6, 6.07) is 6.76. The number of fused-ring (bicyclic) bond motifs is 1. The summed E-state index contributed by atoms with van der Waals surface area (Å²) in [6.07, 6.45) is 1.71. The zero-order valence-electron chi connectivity index (χ0n) is 6.20. The quantitative estimate of drug-likeness (QED) is 0.661. The Labute approximate surface area is 68.6 Å². The van der Waals surface area contributed by atoms with Gasteiger partial charge in [0.15, 0.2) is 0 Å². The van der Waals surface area contributed by atoms with Crippen molar-refractivity contribution in [3.05, 3.63) is 36.0 Å². The lowest BCUT2D eigenvalue weighted by atomic mass is 10.1. The second-order valence-electron chi connectivity index (χ2n) is 2.53. The fourth-order valence-electron chi connectivity index (χ4n) is 1.26. The van der Waals surface area contributed by atoms with Gasteiger partial charge in [0.1, 0.15) is 0 Å². The van der Waals surface area contributed by atoms with E-state index in [4.69, 9.17) is 0 Å². The van der Waals surface area contributed by atoms with Crippen molar-refractivity contribution in [1.29, 1.82) is 0 Å². The number of aromatic nitrogens is 1. The van der Waals surface area contributed by atoms with Crippen LogP contribution >= 0.6 is 0 Å². The van der Waals surface area contributed by atoms with E-state index in [9.17, 15) is 9.90 Å². The predicted octanol–water partition coefficient (Wildman–Crippen LogP) is 0.531. The Kier molecular flexibility index (Phi) is 1.37. The molecular weight excluding hydrogens is 154 g/mol. The lowest BCUT2D eigenvalue weighted by Gasteiger charge is -2.02. The Morgan fingerprint density at radius 3 is 2.92 bits per heavy atom. The summed E-state index contributed by atoms with van der Waals surface area (Å²) in [5.74, 6) is -1.14. The highest BCUT2D eigenvalue weighted by Gasteiger charge is 2.00. The molecule has 0 fully saturated rings. The van der Waals surface area contributed by atoms with Crippen LogP contribution in [-0.4, -0.2) is 11.0 Å². The lowest BCUT2D eigenvalue weighted by Crippen LogP contribution is -2.22. The van der Waals surface area contributed by atoms with Gasteiger partial charge in [-0.2, -0.15) is 0 Å². The first-order chi connectivity index (χ1) is 5.79. The van der Waals surface area contributed by atoms with Gasteiger partial charge in [0.25, 0.3) is 0 Å². The molecule has 0 spiro atoms. The van der Waals surface area contributed by atoms with Gasteiger partial charge >= 0.3 is 0 Å². The van der Waals surface area contributed by atoms with E-state index in [1.807, 2.05) is 6.07 Å². The molecule has 0 aliphatic heterocycles. The number of hydrogen-bond acceptors (Lipinski definition) is 2. The number of carboxylic acid groups (broad SMARTS) is 1. The minimum atomic E-state index is -1.14. The minimum Gasteiger partial charge on any atom is -0.545 e. The first kappa shape index (κ1) is 6.91. The SMILES string of the molecule is O=C([O-])c1cccc2[nH]ccc12. The summed E-state index contributed by atoms with van der Waals surface area (Å²) < 4.78 is 0. The van der Waals surface area contributed by atoms with E-state index in [2.05, 4.69) is 4.98 Å². The molecule has 1 N–H and O–H groups in total. The van der Waals surface area contributed by atoms with Gasteiger partial charge in [0, 0.05) is 22.7 Å². The number of carboxylic acids is 1. The number of nitrogens with one attached hydrogen (secondary N) is 1. The molecule has 0 radical (unpaired) electrons. The largest absolute Gasteiger partial charge is 0.545 e. The molecule has 2 rings (SSSR count). The maximum absolute atomic E-state index is 10.6. The Balaban J connectivity index is 2.82. The highest BCUT2D eigenvalue weighted by Crippen LogP contribution is 2.16. The van der Waals surface area contributed by atoms with Crippen molar-refractivity contribution in [1.82, 2.24) is 4.98 Å². The molecule has 1 heterocycles. The standard InChI is InChI=1S/C9H7NO2/c11-9(12)7-2-1-3-8-6(7)4-5-10-8/h1-5,10H,(H,11,12)/p-1. The van der Waals surface area contributed by atoms with E-state index in [0.717, 1.165) is 5.52 Å². The molecule has 0 unspecified atom stereocenters. The third-order valence-electron chi connectivity index (χ3n) is 1.81. The second kappa shape index (κ2) is 2.37. The number of aromatic amines is 1. The summed E-state index contributed by atoms with van der Waals surface area (Å²) in [6.45, 7) is 0. The van der Waals surface area contributed by atoms with Crippen LogP contribution in [0.3, 0.4) is 0 Å². The van der Waals surface area contributed by atoms with Crippen LogP contribution in [0.5, 0.6) is 0 Å².